The Labute approximate surface area is 208 Å². The molecule has 0 N–H and O–H groups in total. The van der Waals surface area contributed by atoms with Crippen LogP contribution >= 0.6 is 0 Å². The molecular weight excluding hydrogens is 440 g/mol. The number of ketones is 1. The van der Waals surface area contributed by atoms with Gasteiger partial charge in [-0.05, 0) is 69.5 Å². The number of hydrogen-bond donors (Lipinski definition) is 0. The second-order valence-corrected chi connectivity index (χ2v) is 15.3. The van der Waals surface area contributed by atoms with Crippen molar-refractivity contribution < 1.29 is 18.8 Å². The average Bonchev–Trinajstić information content (AvgIpc) is 2.66. The third-order valence-electron chi connectivity index (χ3n) is 6.27. The predicted octanol–water partition coefficient (Wildman–Crippen LogP) is 7.45. The fourth-order valence-electron chi connectivity index (χ4n) is 3.53. The van der Waals surface area contributed by atoms with E-state index in [4.69, 9.17) is 9.16 Å². The van der Waals surface area contributed by atoms with E-state index in [0.717, 1.165) is 11.1 Å². The smallest absolute Gasteiger partial charge is 0.338 e. The first kappa shape index (κ1) is 29.8. The summed E-state index contributed by atoms with van der Waals surface area (Å²) in [5.41, 5.74) is 3.01. The van der Waals surface area contributed by atoms with Crippen molar-refractivity contribution in [2.24, 2.45) is 0 Å². The third kappa shape index (κ3) is 9.19. The number of esters is 1. The zero-order valence-electron chi connectivity index (χ0n) is 22.7. The summed E-state index contributed by atoms with van der Waals surface area (Å²) in [4.78, 5) is 25.7. The maximum Gasteiger partial charge on any atom is 0.338 e. The van der Waals surface area contributed by atoms with Crippen molar-refractivity contribution in [3.8, 4) is 0 Å². The van der Waals surface area contributed by atoms with Gasteiger partial charge in [0.15, 0.2) is 14.1 Å². The van der Waals surface area contributed by atoms with Gasteiger partial charge >= 0.3 is 5.97 Å². The zero-order chi connectivity index (χ0) is 26.1. The van der Waals surface area contributed by atoms with Crippen molar-refractivity contribution >= 4 is 20.1 Å². The number of carbonyl (C=O) groups excluding carboxylic acids is 2. The molecule has 0 saturated heterocycles. The van der Waals surface area contributed by atoms with E-state index in [1.54, 1.807) is 12.2 Å². The Hall–Kier alpha value is -2.24. The molecule has 1 rings (SSSR count). The molecule has 2 atom stereocenters. The molecule has 0 aliphatic carbocycles. The van der Waals surface area contributed by atoms with Crippen molar-refractivity contribution in [1.29, 1.82) is 0 Å². The molecule has 1 aromatic carbocycles. The number of ether oxygens (including phenoxy) is 1. The first-order chi connectivity index (χ1) is 15.7. The molecule has 0 aromatic heterocycles. The Morgan fingerprint density at radius 1 is 1.15 bits per heavy atom. The second kappa shape index (κ2) is 13.0. The molecule has 1 aromatic rings. The van der Waals surface area contributed by atoms with E-state index in [-0.39, 0.29) is 29.5 Å². The minimum absolute atomic E-state index is 0.0512. The molecule has 188 valence electrons. The molecule has 0 spiro atoms. The highest BCUT2D eigenvalue weighted by Gasteiger charge is 2.38. The van der Waals surface area contributed by atoms with Gasteiger partial charge in [0, 0.05) is 12.8 Å². The minimum atomic E-state index is -1.92. The Bertz CT molecular complexity index is 919. The molecule has 0 heterocycles. The fourth-order valence-corrected chi connectivity index (χ4v) is 4.81. The summed E-state index contributed by atoms with van der Waals surface area (Å²) in [6.07, 6.45) is 10.3. The number of allylic oxidation sites excluding steroid dienone is 2. The molecule has 0 aliphatic heterocycles. The van der Waals surface area contributed by atoms with Crippen LogP contribution in [-0.4, -0.2) is 32.3 Å². The maximum absolute atomic E-state index is 12.8. The lowest BCUT2D eigenvalue weighted by Crippen LogP contribution is -2.43. The summed E-state index contributed by atoms with van der Waals surface area (Å²) in [6.45, 7) is 22.5. The van der Waals surface area contributed by atoms with Crippen LogP contribution in [0, 0.1) is 13.8 Å². The largest absolute Gasteiger partial charge is 0.459 e. The van der Waals surface area contributed by atoms with E-state index in [9.17, 15) is 9.59 Å². The van der Waals surface area contributed by atoms with Gasteiger partial charge in [-0.25, -0.2) is 4.79 Å². The first-order valence-corrected chi connectivity index (χ1v) is 15.0. The Morgan fingerprint density at radius 2 is 1.79 bits per heavy atom. The van der Waals surface area contributed by atoms with Crippen molar-refractivity contribution in [2.75, 3.05) is 0 Å². The van der Waals surface area contributed by atoms with Crippen molar-refractivity contribution in [1.82, 2.24) is 0 Å². The van der Waals surface area contributed by atoms with Crippen LogP contribution in [0.4, 0.5) is 0 Å². The summed E-state index contributed by atoms with van der Waals surface area (Å²) in [6, 6.07) is 3.84. The van der Waals surface area contributed by atoms with Gasteiger partial charge in [-0.1, -0.05) is 62.8 Å². The van der Waals surface area contributed by atoms with Crippen LogP contribution < -0.4 is 0 Å². The summed E-state index contributed by atoms with van der Waals surface area (Å²) in [5.74, 6) is -0.445. The molecule has 0 fully saturated rings. The van der Waals surface area contributed by atoms with Crippen LogP contribution in [0.5, 0.6) is 0 Å². The van der Waals surface area contributed by atoms with Gasteiger partial charge in [-0.15, -0.1) is 6.58 Å². The minimum Gasteiger partial charge on any atom is -0.459 e. The van der Waals surface area contributed by atoms with Gasteiger partial charge in [0.1, 0.15) is 6.10 Å². The third-order valence-corrected chi connectivity index (χ3v) is 10.8. The summed E-state index contributed by atoms with van der Waals surface area (Å²) >= 11 is 0. The lowest BCUT2D eigenvalue weighted by Gasteiger charge is -2.38. The molecule has 0 saturated carbocycles. The van der Waals surface area contributed by atoms with Gasteiger partial charge in [-0.3, -0.25) is 4.79 Å². The highest BCUT2D eigenvalue weighted by atomic mass is 28.4. The highest BCUT2D eigenvalue weighted by molar-refractivity contribution is 6.74. The van der Waals surface area contributed by atoms with E-state index >= 15 is 0 Å². The Morgan fingerprint density at radius 3 is 2.35 bits per heavy atom. The normalized spacial score (nSPS) is 14.4. The SMILES string of the molecule is C=CC[C@@H](C)OC(=O)c1c(C)cc(C)cc1CC(=O)/C=C/C[C@H](/C=C/C)O[Si](C)(C)C(C)(C)C. The maximum atomic E-state index is 12.8. The van der Waals surface area contributed by atoms with Gasteiger partial charge in [0.05, 0.1) is 11.7 Å². The first-order valence-electron chi connectivity index (χ1n) is 12.1. The molecule has 0 unspecified atom stereocenters. The lowest BCUT2D eigenvalue weighted by atomic mass is 9.95. The van der Waals surface area contributed by atoms with Crippen LogP contribution in [0.25, 0.3) is 0 Å². The van der Waals surface area contributed by atoms with Gasteiger partial charge in [-0.2, -0.15) is 0 Å². The average molecular weight is 485 g/mol. The quantitative estimate of drug-likeness (QED) is 0.134. The number of benzene rings is 1. The van der Waals surface area contributed by atoms with E-state index in [1.165, 1.54) is 0 Å². The van der Waals surface area contributed by atoms with E-state index in [2.05, 4.69) is 46.5 Å². The Kier molecular flexibility index (Phi) is 11.4. The Balaban J connectivity index is 2.98. The summed E-state index contributed by atoms with van der Waals surface area (Å²) < 4.78 is 12.1. The van der Waals surface area contributed by atoms with E-state index in [1.807, 2.05) is 52.0 Å². The van der Waals surface area contributed by atoms with Crippen LogP contribution in [-0.2, 0) is 20.4 Å². The van der Waals surface area contributed by atoms with E-state index in [0.29, 0.717) is 24.0 Å². The second-order valence-electron chi connectivity index (χ2n) is 10.6. The molecule has 0 amide bonds. The monoisotopic (exact) mass is 484 g/mol. The molecular formula is C29H44O4Si. The molecule has 0 bridgehead atoms. The lowest BCUT2D eigenvalue weighted by molar-refractivity contribution is -0.114. The fraction of sp³-hybridized carbons (Fsp3) is 0.517. The topological polar surface area (TPSA) is 52.6 Å². The van der Waals surface area contributed by atoms with Crippen molar-refractivity contribution in [2.45, 2.75) is 98.1 Å². The van der Waals surface area contributed by atoms with Crippen LogP contribution in [0.15, 0.2) is 49.1 Å². The standard InChI is InChI=1S/C29H44O4Si/c1-11-14-23(5)32-28(31)27-22(4)18-21(3)19-24(27)20-25(30)16-13-17-26(15-12-2)33-34(9,10)29(6,7)8/h11-13,15-16,18-19,23,26H,1,14,17,20H2,2-10H3/b15-12+,16-13+/t23-,26+/m1/s1. The number of aryl methyl sites for hydroxylation is 2. The summed E-state index contributed by atoms with van der Waals surface area (Å²) in [5, 5.41) is 0.115. The molecule has 0 radical (unpaired) electrons. The van der Waals surface area contributed by atoms with Gasteiger partial charge in [0.25, 0.3) is 0 Å². The molecule has 0 aliphatic rings. The van der Waals surface area contributed by atoms with Gasteiger partial charge < -0.3 is 9.16 Å². The number of rotatable bonds is 12. The summed E-state index contributed by atoms with van der Waals surface area (Å²) in [7, 11) is -1.92. The molecule has 34 heavy (non-hydrogen) atoms. The number of carbonyl (C=O) groups is 2. The van der Waals surface area contributed by atoms with Gasteiger partial charge in [0.2, 0.25) is 0 Å². The zero-order valence-corrected chi connectivity index (χ0v) is 23.7. The van der Waals surface area contributed by atoms with Crippen LogP contribution in [0.3, 0.4) is 0 Å². The van der Waals surface area contributed by atoms with E-state index < -0.39 is 14.3 Å². The van der Waals surface area contributed by atoms with Crippen LogP contribution in [0.2, 0.25) is 18.1 Å². The molecule has 4 nitrogen and oxygen atoms in total. The highest BCUT2D eigenvalue weighted by Crippen LogP contribution is 2.37. The van der Waals surface area contributed by atoms with Crippen molar-refractivity contribution in [3.63, 3.8) is 0 Å². The predicted molar refractivity (Wildman–Crippen MR) is 145 cm³/mol. The molecule has 5 heteroatoms. The van der Waals surface area contributed by atoms with Crippen LogP contribution in [0.1, 0.15) is 74.5 Å². The van der Waals surface area contributed by atoms with Crippen molar-refractivity contribution in [3.05, 3.63) is 71.3 Å². The number of hydrogen-bond acceptors (Lipinski definition) is 4.